The fraction of sp³-hybridized carbons (Fsp3) is 0.375. The van der Waals surface area contributed by atoms with Gasteiger partial charge in [0.05, 0.1) is 37.1 Å². The van der Waals surface area contributed by atoms with Crippen LogP contribution in [0, 0.1) is 0 Å². The van der Waals surface area contributed by atoms with Crippen molar-refractivity contribution in [1.82, 2.24) is 9.55 Å². The molecule has 0 unspecified atom stereocenters. The van der Waals surface area contributed by atoms with Crippen LogP contribution >= 0.6 is 11.3 Å². The number of anilines is 2. The van der Waals surface area contributed by atoms with Crippen molar-refractivity contribution in [2.24, 2.45) is 7.05 Å². The first-order valence-corrected chi connectivity index (χ1v) is 11.7. The summed E-state index contributed by atoms with van der Waals surface area (Å²) in [4.78, 5) is 9.77. The molecule has 31 heavy (non-hydrogen) atoms. The van der Waals surface area contributed by atoms with Crippen LogP contribution in [0.1, 0.15) is 11.3 Å². The number of morpholine rings is 1. The molecule has 0 bridgehead atoms. The summed E-state index contributed by atoms with van der Waals surface area (Å²) in [6.45, 7) is 5.34. The Morgan fingerprint density at radius 2 is 1.90 bits per heavy atom. The summed E-state index contributed by atoms with van der Waals surface area (Å²) in [6.07, 6.45) is 1.04. The van der Waals surface area contributed by atoms with Gasteiger partial charge in [-0.3, -0.25) is 0 Å². The number of aryl methyl sites for hydroxylation is 1. The van der Waals surface area contributed by atoms with E-state index in [9.17, 15) is 0 Å². The van der Waals surface area contributed by atoms with Crippen molar-refractivity contribution in [3.05, 3.63) is 47.7 Å². The van der Waals surface area contributed by atoms with Crippen molar-refractivity contribution in [1.29, 1.82) is 0 Å². The van der Waals surface area contributed by atoms with Gasteiger partial charge < -0.3 is 23.8 Å². The standard InChI is InChI=1S/C24H26N4O2S/c1-26-21-5-4-17(29-2)14-19(21)18-7-8-28(15-22(18)26)16-3-6-23-20(13-16)25-24(31-23)27-9-11-30-12-10-27/h3-6,13-14H,7-12,15H2,1-2H3. The van der Waals surface area contributed by atoms with Gasteiger partial charge in [-0.1, -0.05) is 11.3 Å². The number of benzene rings is 2. The molecular formula is C24H26N4O2S. The molecule has 0 N–H and O–H groups in total. The Hall–Kier alpha value is -2.77. The number of nitrogens with zero attached hydrogens (tertiary/aromatic N) is 4. The molecule has 0 amide bonds. The fourth-order valence-electron chi connectivity index (χ4n) is 4.88. The van der Waals surface area contributed by atoms with Gasteiger partial charge in [-0.25, -0.2) is 4.98 Å². The highest BCUT2D eigenvalue weighted by molar-refractivity contribution is 7.22. The van der Waals surface area contributed by atoms with E-state index >= 15 is 0 Å². The molecule has 0 radical (unpaired) electrons. The zero-order valence-corrected chi connectivity index (χ0v) is 18.7. The van der Waals surface area contributed by atoms with Gasteiger partial charge in [-0.2, -0.15) is 0 Å². The second-order valence-electron chi connectivity index (χ2n) is 8.29. The van der Waals surface area contributed by atoms with Gasteiger partial charge in [0.25, 0.3) is 0 Å². The number of hydrogen-bond donors (Lipinski definition) is 0. The third-order valence-corrected chi connectivity index (χ3v) is 7.72. The van der Waals surface area contributed by atoms with E-state index in [1.807, 2.05) is 6.07 Å². The fourth-order valence-corrected chi connectivity index (χ4v) is 5.87. The lowest BCUT2D eigenvalue weighted by Crippen LogP contribution is -2.36. The van der Waals surface area contributed by atoms with Gasteiger partial charge in [0.1, 0.15) is 5.75 Å². The van der Waals surface area contributed by atoms with E-state index in [1.54, 1.807) is 18.4 Å². The Kier molecular flexibility index (Phi) is 4.54. The maximum atomic E-state index is 5.49. The maximum Gasteiger partial charge on any atom is 0.186 e. The molecule has 1 saturated heterocycles. The van der Waals surface area contributed by atoms with Gasteiger partial charge >= 0.3 is 0 Å². The highest BCUT2D eigenvalue weighted by Crippen LogP contribution is 2.36. The van der Waals surface area contributed by atoms with E-state index < -0.39 is 0 Å². The molecule has 1 fully saturated rings. The summed E-state index contributed by atoms with van der Waals surface area (Å²) in [5, 5.41) is 2.43. The predicted molar refractivity (Wildman–Crippen MR) is 127 cm³/mol. The van der Waals surface area contributed by atoms with Crippen molar-refractivity contribution < 1.29 is 9.47 Å². The zero-order valence-electron chi connectivity index (χ0n) is 17.9. The van der Waals surface area contributed by atoms with Crippen molar-refractivity contribution in [2.45, 2.75) is 13.0 Å². The monoisotopic (exact) mass is 434 g/mol. The first-order chi connectivity index (χ1) is 15.2. The molecule has 4 heterocycles. The van der Waals surface area contributed by atoms with E-state index in [4.69, 9.17) is 14.5 Å². The Morgan fingerprint density at radius 1 is 1.03 bits per heavy atom. The quantitative estimate of drug-likeness (QED) is 0.484. The van der Waals surface area contributed by atoms with Crippen LogP contribution in [0.3, 0.4) is 0 Å². The van der Waals surface area contributed by atoms with E-state index in [0.29, 0.717) is 0 Å². The Balaban J connectivity index is 1.32. The first kappa shape index (κ1) is 19.0. The summed E-state index contributed by atoms with van der Waals surface area (Å²) < 4.78 is 14.5. The second kappa shape index (κ2) is 7.43. The van der Waals surface area contributed by atoms with Gasteiger partial charge in [0.15, 0.2) is 5.13 Å². The SMILES string of the molecule is COc1ccc2c(c1)c1c(n2C)CN(c2ccc3sc(N4CCOCC4)nc3c2)CC1. The molecule has 2 aromatic heterocycles. The van der Waals surface area contributed by atoms with Gasteiger partial charge in [-0.15, -0.1) is 0 Å². The minimum absolute atomic E-state index is 0.786. The Morgan fingerprint density at radius 3 is 2.74 bits per heavy atom. The number of thiazole rings is 1. The molecule has 6 rings (SSSR count). The van der Waals surface area contributed by atoms with E-state index in [-0.39, 0.29) is 0 Å². The molecule has 0 saturated carbocycles. The Bertz CT molecular complexity index is 1270. The third-order valence-electron chi connectivity index (χ3n) is 6.62. The lowest BCUT2D eigenvalue weighted by atomic mass is 10.0. The average molecular weight is 435 g/mol. The molecule has 6 nitrogen and oxygen atoms in total. The normalized spacial score (nSPS) is 16.8. The Labute approximate surface area is 185 Å². The summed E-state index contributed by atoms with van der Waals surface area (Å²) >= 11 is 1.78. The van der Waals surface area contributed by atoms with Crippen LogP contribution in [-0.4, -0.2) is 49.5 Å². The molecule has 160 valence electrons. The number of hydrogen-bond acceptors (Lipinski definition) is 6. The van der Waals surface area contributed by atoms with Crippen molar-refractivity contribution >= 4 is 43.3 Å². The van der Waals surface area contributed by atoms with E-state index in [0.717, 1.165) is 62.2 Å². The minimum Gasteiger partial charge on any atom is -0.497 e. The highest BCUT2D eigenvalue weighted by atomic mass is 32.1. The maximum absolute atomic E-state index is 5.49. The molecule has 2 aliphatic heterocycles. The van der Waals surface area contributed by atoms with Crippen LogP contribution in [-0.2, 0) is 24.8 Å². The second-order valence-corrected chi connectivity index (χ2v) is 9.30. The van der Waals surface area contributed by atoms with Crippen LogP contribution in [0.15, 0.2) is 36.4 Å². The molecule has 4 aromatic rings. The number of ether oxygens (including phenoxy) is 2. The molecule has 2 aliphatic rings. The summed E-state index contributed by atoms with van der Waals surface area (Å²) in [6, 6.07) is 13.1. The van der Waals surface area contributed by atoms with Crippen molar-refractivity contribution in [3.8, 4) is 5.75 Å². The first-order valence-electron chi connectivity index (χ1n) is 10.8. The molecule has 7 heteroatoms. The lowest BCUT2D eigenvalue weighted by molar-refractivity contribution is 0.122. The zero-order chi connectivity index (χ0) is 20.9. The van der Waals surface area contributed by atoms with Crippen LogP contribution in [0.2, 0.25) is 0 Å². The van der Waals surface area contributed by atoms with Gasteiger partial charge in [0.2, 0.25) is 0 Å². The van der Waals surface area contributed by atoms with Crippen LogP contribution in [0.25, 0.3) is 21.1 Å². The summed E-state index contributed by atoms with van der Waals surface area (Å²) in [7, 11) is 3.91. The molecule has 0 atom stereocenters. The van der Waals surface area contributed by atoms with Gasteiger partial charge in [0, 0.05) is 49.0 Å². The number of aromatic nitrogens is 2. The largest absolute Gasteiger partial charge is 0.497 e. The van der Waals surface area contributed by atoms with E-state index in [2.05, 4.69) is 51.7 Å². The smallest absolute Gasteiger partial charge is 0.186 e. The molecule has 2 aromatic carbocycles. The number of rotatable bonds is 3. The molecular weight excluding hydrogens is 408 g/mol. The third kappa shape index (κ3) is 3.15. The summed E-state index contributed by atoms with van der Waals surface area (Å²) in [5.74, 6) is 0.924. The number of fused-ring (bicyclic) bond motifs is 4. The predicted octanol–water partition coefficient (Wildman–Crippen LogP) is 4.20. The highest BCUT2D eigenvalue weighted by Gasteiger charge is 2.24. The van der Waals surface area contributed by atoms with Gasteiger partial charge in [-0.05, 0) is 48.4 Å². The average Bonchev–Trinajstić information content (AvgIpc) is 3.38. The van der Waals surface area contributed by atoms with Crippen LogP contribution in [0.4, 0.5) is 10.8 Å². The van der Waals surface area contributed by atoms with Crippen LogP contribution in [0.5, 0.6) is 5.75 Å². The topological polar surface area (TPSA) is 42.8 Å². The lowest BCUT2D eigenvalue weighted by Gasteiger charge is -2.30. The van der Waals surface area contributed by atoms with Crippen molar-refractivity contribution in [2.75, 3.05) is 49.8 Å². The van der Waals surface area contributed by atoms with E-state index in [1.165, 1.54) is 32.5 Å². The van der Waals surface area contributed by atoms with Crippen LogP contribution < -0.4 is 14.5 Å². The molecule has 0 aliphatic carbocycles. The van der Waals surface area contributed by atoms with Crippen molar-refractivity contribution in [3.63, 3.8) is 0 Å². The number of methoxy groups -OCH3 is 1. The molecule has 0 spiro atoms. The minimum atomic E-state index is 0.786. The summed E-state index contributed by atoms with van der Waals surface area (Å²) in [5.41, 5.74) is 6.47.